The number of benzene rings is 1. The van der Waals surface area contributed by atoms with E-state index in [-0.39, 0.29) is 24.3 Å². The summed E-state index contributed by atoms with van der Waals surface area (Å²) in [6.07, 6.45) is 2.41. The van der Waals surface area contributed by atoms with E-state index >= 15 is 0 Å². The molecule has 3 aliphatic rings. The summed E-state index contributed by atoms with van der Waals surface area (Å²) in [4.78, 5) is 38.0. The van der Waals surface area contributed by atoms with Gasteiger partial charge in [0.15, 0.2) is 0 Å². The normalized spacial score (nSPS) is 24.6. The molecule has 0 saturated carbocycles. The Morgan fingerprint density at radius 1 is 1.21 bits per heavy atom. The van der Waals surface area contributed by atoms with Crippen LogP contribution in [0.1, 0.15) is 40.5 Å². The average Bonchev–Trinajstić information content (AvgIpc) is 3.34. The van der Waals surface area contributed by atoms with E-state index in [4.69, 9.17) is 4.74 Å². The average molecular weight is 396 g/mol. The van der Waals surface area contributed by atoms with Crippen LogP contribution in [0.3, 0.4) is 0 Å². The van der Waals surface area contributed by atoms with E-state index in [0.29, 0.717) is 31.7 Å². The molecule has 3 aliphatic heterocycles. The van der Waals surface area contributed by atoms with Crippen molar-refractivity contribution in [1.29, 1.82) is 0 Å². The largest absolute Gasteiger partial charge is 0.378 e. The van der Waals surface area contributed by atoms with Crippen LogP contribution in [0.15, 0.2) is 24.4 Å². The number of nitrogens with one attached hydrogen (secondary N) is 2. The molecule has 2 aromatic rings. The van der Waals surface area contributed by atoms with Gasteiger partial charge in [-0.1, -0.05) is 11.3 Å². The van der Waals surface area contributed by atoms with Gasteiger partial charge in [0.2, 0.25) is 11.8 Å². The zero-order valence-corrected chi connectivity index (χ0v) is 15.6. The smallest absolute Gasteiger partial charge is 0.255 e. The number of hydrogen-bond acceptors (Lipinski definition) is 7. The molecular formula is C19H20N6O4. The maximum Gasteiger partial charge on any atom is 0.255 e. The van der Waals surface area contributed by atoms with Crippen LogP contribution in [-0.4, -0.2) is 63.4 Å². The molecule has 10 heteroatoms. The van der Waals surface area contributed by atoms with E-state index < -0.39 is 11.9 Å². The van der Waals surface area contributed by atoms with Crippen molar-refractivity contribution >= 4 is 17.7 Å². The number of carbonyl (C=O) groups excluding carboxylic acids is 3. The van der Waals surface area contributed by atoms with Crippen LogP contribution >= 0.6 is 0 Å². The third kappa shape index (κ3) is 3.19. The summed E-state index contributed by atoms with van der Waals surface area (Å²) in [6.45, 7) is 2.34. The van der Waals surface area contributed by atoms with E-state index in [9.17, 15) is 14.4 Å². The van der Waals surface area contributed by atoms with Crippen LogP contribution in [0.5, 0.6) is 0 Å². The van der Waals surface area contributed by atoms with Crippen molar-refractivity contribution in [2.45, 2.75) is 31.5 Å². The maximum absolute atomic E-state index is 12.9. The van der Waals surface area contributed by atoms with Gasteiger partial charge in [-0.05, 0) is 24.1 Å². The molecule has 0 aliphatic carbocycles. The van der Waals surface area contributed by atoms with Gasteiger partial charge in [-0.15, -0.1) is 5.10 Å². The van der Waals surface area contributed by atoms with Gasteiger partial charge in [0.05, 0.1) is 31.1 Å². The molecule has 2 N–H and O–H groups in total. The highest BCUT2D eigenvalue weighted by Gasteiger charge is 2.39. The van der Waals surface area contributed by atoms with Crippen molar-refractivity contribution in [2.75, 3.05) is 19.8 Å². The monoisotopic (exact) mass is 396 g/mol. The molecule has 29 heavy (non-hydrogen) atoms. The van der Waals surface area contributed by atoms with Gasteiger partial charge in [-0.3, -0.25) is 19.7 Å². The number of rotatable bonds is 3. The lowest BCUT2D eigenvalue weighted by Crippen LogP contribution is -2.52. The van der Waals surface area contributed by atoms with Gasteiger partial charge in [0.25, 0.3) is 5.91 Å². The molecule has 1 aromatic carbocycles. The van der Waals surface area contributed by atoms with Gasteiger partial charge in [0.1, 0.15) is 11.7 Å². The highest BCUT2D eigenvalue weighted by atomic mass is 16.5. The molecule has 2 atom stereocenters. The predicted octanol–water partition coefficient (Wildman–Crippen LogP) is -0.311. The Kier molecular flexibility index (Phi) is 4.36. The SMILES string of the molecule is O=C1CCC(N2Cc3ccc(-n4cc(C5COCCN5)nn4)cc3C2=O)C(=O)N1. The molecule has 10 nitrogen and oxygen atoms in total. The minimum absolute atomic E-state index is 0.00317. The first-order valence-electron chi connectivity index (χ1n) is 9.61. The second-order valence-corrected chi connectivity index (χ2v) is 7.41. The molecule has 2 saturated heterocycles. The topological polar surface area (TPSA) is 118 Å². The highest BCUT2D eigenvalue weighted by molar-refractivity contribution is 6.05. The lowest BCUT2D eigenvalue weighted by Gasteiger charge is -2.29. The standard InChI is InChI=1S/C19H20N6O4/c26-17-4-3-16(18(27)21-17)24-8-11-1-2-12(7-13(11)19(24)28)25-9-14(22-23-25)15-10-29-6-5-20-15/h1-2,7,9,15-16,20H,3-6,8,10H2,(H,21,26,27). The van der Waals surface area contributed by atoms with Crippen LogP contribution < -0.4 is 10.6 Å². The molecule has 2 fully saturated rings. The quantitative estimate of drug-likeness (QED) is 0.683. The molecule has 4 heterocycles. The number of aromatic nitrogens is 3. The number of morpholine rings is 1. The lowest BCUT2D eigenvalue weighted by molar-refractivity contribution is -0.136. The minimum Gasteiger partial charge on any atom is -0.378 e. The van der Waals surface area contributed by atoms with Crippen LogP contribution in [-0.2, 0) is 20.9 Å². The van der Waals surface area contributed by atoms with Crippen LogP contribution in [0.4, 0.5) is 0 Å². The third-order valence-corrected chi connectivity index (χ3v) is 5.57. The second kappa shape index (κ2) is 7.05. The molecule has 2 unspecified atom stereocenters. The number of nitrogens with zero attached hydrogens (tertiary/aromatic N) is 4. The fourth-order valence-corrected chi connectivity index (χ4v) is 4.00. The lowest BCUT2D eigenvalue weighted by atomic mass is 10.0. The summed E-state index contributed by atoms with van der Waals surface area (Å²) in [5, 5.41) is 14.1. The Balaban J connectivity index is 1.37. The van der Waals surface area contributed by atoms with Crippen LogP contribution in [0, 0.1) is 0 Å². The minimum atomic E-state index is -0.619. The van der Waals surface area contributed by atoms with Gasteiger partial charge in [-0.25, -0.2) is 4.68 Å². The number of imide groups is 1. The number of fused-ring (bicyclic) bond motifs is 1. The van der Waals surface area contributed by atoms with Crippen LogP contribution in [0.25, 0.3) is 5.69 Å². The first-order valence-corrected chi connectivity index (χ1v) is 9.61. The summed E-state index contributed by atoms with van der Waals surface area (Å²) >= 11 is 0. The summed E-state index contributed by atoms with van der Waals surface area (Å²) in [7, 11) is 0. The zero-order valence-electron chi connectivity index (χ0n) is 15.6. The first kappa shape index (κ1) is 18.0. The number of piperidine rings is 1. The summed E-state index contributed by atoms with van der Waals surface area (Å²) in [5.41, 5.74) is 2.90. The van der Waals surface area contributed by atoms with E-state index in [1.807, 2.05) is 18.3 Å². The predicted molar refractivity (Wildman–Crippen MR) is 99.0 cm³/mol. The van der Waals surface area contributed by atoms with Crippen molar-refractivity contribution < 1.29 is 19.1 Å². The Bertz CT molecular complexity index is 996. The van der Waals surface area contributed by atoms with Gasteiger partial charge < -0.3 is 15.0 Å². The number of ether oxygens (including phenoxy) is 1. The van der Waals surface area contributed by atoms with Crippen LogP contribution in [0.2, 0.25) is 0 Å². The van der Waals surface area contributed by atoms with E-state index in [2.05, 4.69) is 20.9 Å². The molecule has 0 spiro atoms. The number of carbonyl (C=O) groups is 3. The molecular weight excluding hydrogens is 376 g/mol. The van der Waals surface area contributed by atoms with Gasteiger partial charge >= 0.3 is 0 Å². The Morgan fingerprint density at radius 2 is 2.10 bits per heavy atom. The van der Waals surface area contributed by atoms with Gasteiger partial charge in [0, 0.05) is 25.1 Å². The first-order chi connectivity index (χ1) is 14.1. The number of amides is 3. The van der Waals surface area contributed by atoms with Crippen molar-refractivity contribution in [3.8, 4) is 5.69 Å². The molecule has 0 radical (unpaired) electrons. The van der Waals surface area contributed by atoms with E-state index in [1.54, 1.807) is 10.7 Å². The Hall–Kier alpha value is -3.11. The fraction of sp³-hybridized carbons (Fsp3) is 0.421. The van der Waals surface area contributed by atoms with Crippen molar-refractivity contribution in [3.05, 3.63) is 41.2 Å². The summed E-state index contributed by atoms with van der Waals surface area (Å²) in [5.74, 6) is -0.915. The molecule has 0 bridgehead atoms. The maximum atomic E-state index is 12.9. The molecule has 1 aromatic heterocycles. The summed E-state index contributed by atoms with van der Waals surface area (Å²) in [6, 6.07) is 4.90. The third-order valence-electron chi connectivity index (χ3n) is 5.57. The molecule has 3 amide bonds. The van der Waals surface area contributed by atoms with Crippen molar-refractivity contribution in [2.24, 2.45) is 0 Å². The molecule has 150 valence electrons. The fourth-order valence-electron chi connectivity index (χ4n) is 4.00. The molecule has 5 rings (SSSR count). The van der Waals surface area contributed by atoms with E-state index in [0.717, 1.165) is 23.5 Å². The van der Waals surface area contributed by atoms with E-state index in [1.165, 1.54) is 4.90 Å². The Labute approximate surface area is 166 Å². The second-order valence-electron chi connectivity index (χ2n) is 7.41. The number of hydrogen-bond donors (Lipinski definition) is 2. The zero-order chi connectivity index (χ0) is 20.0. The Morgan fingerprint density at radius 3 is 2.90 bits per heavy atom. The van der Waals surface area contributed by atoms with Crippen molar-refractivity contribution in [1.82, 2.24) is 30.5 Å². The van der Waals surface area contributed by atoms with Gasteiger partial charge in [-0.2, -0.15) is 0 Å². The highest BCUT2D eigenvalue weighted by Crippen LogP contribution is 2.29. The summed E-state index contributed by atoms with van der Waals surface area (Å²) < 4.78 is 7.10. The van der Waals surface area contributed by atoms with Crippen molar-refractivity contribution in [3.63, 3.8) is 0 Å².